The average Bonchev–Trinajstić information content (AvgIpc) is 2.71. The molecule has 17 heavy (non-hydrogen) atoms. The van der Waals surface area contributed by atoms with E-state index in [-0.39, 0.29) is 11.9 Å². The standard InChI is InChI=1S/C13H17FN2S/c1-9-4-5-11(14)7-10(9)8-16-6-2-3-12(16)13(15)17/h4-5,7,12H,2-3,6,8H2,1H3,(H2,15,17). The monoisotopic (exact) mass is 252 g/mol. The molecule has 1 aliphatic heterocycles. The van der Waals surface area contributed by atoms with Crippen molar-refractivity contribution in [2.75, 3.05) is 6.54 Å². The molecule has 2 rings (SSSR count). The molecule has 1 atom stereocenters. The zero-order chi connectivity index (χ0) is 12.4. The lowest BCUT2D eigenvalue weighted by Crippen LogP contribution is -2.38. The van der Waals surface area contributed by atoms with Gasteiger partial charge in [0.15, 0.2) is 0 Å². The predicted octanol–water partition coefficient (Wildman–Crippen LogP) is 2.38. The third-order valence-electron chi connectivity index (χ3n) is 3.38. The Kier molecular flexibility index (Phi) is 3.74. The van der Waals surface area contributed by atoms with E-state index in [1.165, 1.54) is 6.07 Å². The van der Waals surface area contributed by atoms with Gasteiger partial charge in [-0.3, -0.25) is 4.90 Å². The summed E-state index contributed by atoms with van der Waals surface area (Å²) in [6.07, 6.45) is 2.13. The van der Waals surface area contributed by atoms with Crippen LogP contribution in [0.4, 0.5) is 4.39 Å². The highest BCUT2D eigenvalue weighted by Gasteiger charge is 2.26. The summed E-state index contributed by atoms with van der Waals surface area (Å²) < 4.78 is 13.2. The molecule has 2 nitrogen and oxygen atoms in total. The first kappa shape index (κ1) is 12.5. The van der Waals surface area contributed by atoms with E-state index in [0.29, 0.717) is 4.99 Å². The zero-order valence-electron chi connectivity index (χ0n) is 9.95. The first-order valence-corrected chi connectivity index (χ1v) is 6.27. The molecule has 0 bridgehead atoms. The minimum atomic E-state index is -0.184. The smallest absolute Gasteiger partial charge is 0.123 e. The van der Waals surface area contributed by atoms with Crippen LogP contribution in [-0.2, 0) is 6.54 Å². The summed E-state index contributed by atoms with van der Waals surface area (Å²) in [5, 5.41) is 0. The lowest BCUT2D eigenvalue weighted by Gasteiger charge is -2.24. The van der Waals surface area contributed by atoms with Crippen LogP contribution in [0.3, 0.4) is 0 Å². The van der Waals surface area contributed by atoms with E-state index in [4.69, 9.17) is 18.0 Å². The molecular weight excluding hydrogens is 235 g/mol. The van der Waals surface area contributed by atoms with Crippen molar-refractivity contribution in [1.29, 1.82) is 0 Å². The van der Waals surface area contributed by atoms with E-state index < -0.39 is 0 Å². The number of rotatable bonds is 3. The van der Waals surface area contributed by atoms with Gasteiger partial charge >= 0.3 is 0 Å². The minimum absolute atomic E-state index is 0.174. The van der Waals surface area contributed by atoms with E-state index in [1.807, 2.05) is 13.0 Å². The average molecular weight is 252 g/mol. The number of nitrogens with two attached hydrogens (primary N) is 1. The molecule has 0 aliphatic carbocycles. The Morgan fingerprint density at radius 1 is 1.59 bits per heavy atom. The van der Waals surface area contributed by atoms with E-state index in [9.17, 15) is 4.39 Å². The topological polar surface area (TPSA) is 29.3 Å². The Morgan fingerprint density at radius 3 is 3.06 bits per heavy atom. The second-order valence-electron chi connectivity index (χ2n) is 4.60. The fraction of sp³-hybridized carbons (Fsp3) is 0.462. The van der Waals surface area contributed by atoms with Crippen molar-refractivity contribution in [2.24, 2.45) is 5.73 Å². The third kappa shape index (κ3) is 2.82. The number of nitrogens with zero attached hydrogens (tertiary/aromatic N) is 1. The molecule has 2 N–H and O–H groups in total. The fourth-order valence-corrected chi connectivity index (χ4v) is 2.63. The van der Waals surface area contributed by atoms with Gasteiger partial charge in [0, 0.05) is 6.54 Å². The Bertz CT molecular complexity index is 433. The molecule has 0 amide bonds. The van der Waals surface area contributed by atoms with Crippen molar-refractivity contribution < 1.29 is 4.39 Å². The molecule has 0 radical (unpaired) electrons. The summed E-state index contributed by atoms with van der Waals surface area (Å²) in [5.74, 6) is -0.184. The number of aryl methyl sites for hydroxylation is 1. The van der Waals surface area contributed by atoms with Gasteiger partial charge in [0.05, 0.1) is 11.0 Å². The first-order valence-electron chi connectivity index (χ1n) is 5.86. The van der Waals surface area contributed by atoms with Gasteiger partial charge in [0.1, 0.15) is 5.82 Å². The summed E-state index contributed by atoms with van der Waals surface area (Å²) >= 11 is 5.07. The molecule has 1 aromatic carbocycles. The van der Waals surface area contributed by atoms with Crippen LogP contribution in [0.25, 0.3) is 0 Å². The van der Waals surface area contributed by atoms with E-state index in [1.54, 1.807) is 6.07 Å². The summed E-state index contributed by atoms with van der Waals surface area (Å²) in [6, 6.07) is 5.09. The summed E-state index contributed by atoms with van der Waals surface area (Å²) in [7, 11) is 0. The number of benzene rings is 1. The van der Waals surface area contributed by atoms with E-state index in [2.05, 4.69) is 4.90 Å². The number of likely N-dealkylation sites (tertiary alicyclic amines) is 1. The molecule has 0 saturated carbocycles. The molecular formula is C13H17FN2S. The van der Waals surface area contributed by atoms with Crippen molar-refractivity contribution >= 4 is 17.2 Å². The summed E-state index contributed by atoms with van der Waals surface area (Å²) in [6.45, 7) is 3.71. The summed E-state index contributed by atoms with van der Waals surface area (Å²) in [4.78, 5) is 2.79. The number of hydrogen-bond donors (Lipinski definition) is 1. The fourth-order valence-electron chi connectivity index (χ4n) is 2.37. The molecule has 1 fully saturated rings. The number of halogens is 1. The van der Waals surface area contributed by atoms with Gasteiger partial charge in [-0.2, -0.15) is 0 Å². The zero-order valence-corrected chi connectivity index (χ0v) is 10.8. The Morgan fingerprint density at radius 2 is 2.35 bits per heavy atom. The SMILES string of the molecule is Cc1ccc(F)cc1CN1CCCC1C(N)=S. The van der Waals surface area contributed by atoms with Crippen molar-refractivity contribution in [3.05, 3.63) is 35.1 Å². The molecule has 1 unspecified atom stereocenters. The normalized spacial score (nSPS) is 20.7. The maximum Gasteiger partial charge on any atom is 0.123 e. The van der Waals surface area contributed by atoms with Crippen LogP contribution in [0.2, 0.25) is 0 Å². The lowest BCUT2D eigenvalue weighted by molar-refractivity contribution is 0.294. The second-order valence-corrected chi connectivity index (χ2v) is 5.07. The van der Waals surface area contributed by atoms with Gasteiger partial charge in [0.2, 0.25) is 0 Å². The van der Waals surface area contributed by atoms with Crippen LogP contribution in [-0.4, -0.2) is 22.5 Å². The third-order valence-corrected chi connectivity index (χ3v) is 3.65. The van der Waals surface area contributed by atoms with Crippen molar-refractivity contribution in [3.8, 4) is 0 Å². The molecule has 0 spiro atoms. The van der Waals surface area contributed by atoms with Crippen LogP contribution < -0.4 is 5.73 Å². The molecule has 1 aromatic rings. The largest absolute Gasteiger partial charge is 0.392 e. The molecule has 1 aliphatic rings. The highest BCUT2D eigenvalue weighted by molar-refractivity contribution is 7.80. The molecule has 4 heteroatoms. The van der Waals surface area contributed by atoms with Crippen LogP contribution >= 0.6 is 12.2 Å². The Labute approximate surface area is 107 Å². The quantitative estimate of drug-likeness (QED) is 0.838. The molecule has 92 valence electrons. The van der Waals surface area contributed by atoms with Gasteiger partial charge < -0.3 is 5.73 Å². The first-order chi connectivity index (χ1) is 8.08. The molecule has 1 saturated heterocycles. The highest BCUT2D eigenvalue weighted by atomic mass is 32.1. The Hall–Kier alpha value is -1.00. The molecule has 1 heterocycles. The van der Waals surface area contributed by atoms with Crippen LogP contribution in [0.1, 0.15) is 24.0 Å². The number of thiocarbonyl (C=S) groups is 1. The van der Waals surface area contributed by atoms with Gasteiger partial charge in [-0.15, -0.1) is 0 Å². The number of hydrogen-bond acceptors (Lipinski definition) is 2. The van der Waals surface area contributed by atoms with Crippen molar-refractivity contribution in [3.63, 3.8) is 0 Å². The molecule has 0 aromatic heterocycles. The van der Waals surface area contributed by atoms with E-state index >= 15 is 0 Å². The van der Waals surface area contributed by atoms with Crippen LogP contribution in [0.5, 0.6) is 0 Å². The predicted molar refractivity (Wildman–Crippen MR) is 71.4 cm³/mol. The van der Waals surface area contributed by atoms with Crippen LogP contribution in [0.15, 0.2) is 18.2 Å². The van der Waals surface area contributed by atoms with Gasteiger partial charge in [0.25, 0.3) is 0 Å². The van der Waals surface area contributed by atoms with Crippen LogP contribution in [0, 0.1) is 12.7 Å². The van der Waals surface area contributed by atoms with Gasteiger partial charge in [-0.1, -0.05) is 18.3 Å². The minimum Gasteiger partial charge on any atom is -0.392 e. The van der Waals surface area contributed by atoms with E-state index in [0.717, 1.165) is 37.1 Å². The highest BCUT2D eigenvalue weighted by Crippen LogP contribution is 2.22. The van der Waals surface area contributed by atoms with Gasteiger partial charge in [-0.05, 0) is 49.6 Å². The second kappa shape index (κ2) is 5.10. The van der Waals surface area contributed by atoms with Crippen molar-refractivity contribution in [1.82, 2.24) is 4.90 Å². The summed E-state index contributed by atoms with van der Waals surface area (Å²) in [5.41, 5.74) is 7.86. The Balaban J connectivity index is 2.15. The maximum atomic E-state index is 13.2. The van der Waals surface area contributed by atoms with Gasteiger partial charge in [-0.25, -0.2) is 4.39 Å². The lowest BCUT2D eigenvalue weighted by atomic mass is 10.1. The maximum absolute atomic E-state index is 13.2. The van der Waals surface area contributed by atoms with Crippen molar-refractivity contribution in [2.45, 2.75) is 32.4 Å².